The van der Waals surface area contributed by atoms with Crippen LogP contribution in [0.15, 0.2) is 30.6 Å². The normalized spacial score (nSPS) is 12.1. The Morgan fingerprint density at radius 3 is 2.75 bits per heavy atom. The maximum absolute atomic E-state index is 11.9. The van der Waals surface area contributed by atoms with Crippen LogP contribution in [0.2, 0.25) is 0 Å². The van der Waals surface area contributed by atoms with Crippen molar-refractivity contribution in [3.05, 3.63) is 36.2 Å². The van der Waals surface area contributed by atoms with Gasteiger partial charge in [0.2, 0.25) is 0 Å². The second kappa shape index (κ2) is 6.76. The van der Waals surface area contributed by atoms with Crippen LogP contribution in [0.1, 0.15) is 30.1 Å². The minimum absolute atomic E-state index is 0.126. The summed E-state index contributed by atoms with van der Waals surface area (Å²) >= 11 is 0. The monoisotopic (exact) mass is 275 g/mol. The molecule has 1 aromatic carbocycles. The van der Waals surface area contributed by atoms with E-state index in [1.807, 2.05) is 0 Å². The lowest BCUT2D eigenvalue weighted by Crippen LogP contribution is -2.25. The molecular formula is C13H17N5O2. The Morgan fingerprint density at radius 2 is 2.15 bits per heavy atom. The van der Waals surface area contributed by atoms with Gasteiger partial charge in [0.25, 0.3) is 5.91 Å². The fraction of sp³-hybridized carbons (Fsp3) is 0.385. The summed E-state index contributed by atoms with van der Waals surface area (Å²) in [6.07, 6.45) is 2.60. The van der Waals surface area contributed by atoms with Gasteiger partial charge in [0, 0.05) is 12.1 Å². The van der Waals surface area contributed by atoms with Crippen LogP contribution < -0.4 is 5.32 Å². The minimum atomic E-state index is -0.331. The fourth-order valence-electron chi connectivity index (χ4n) is 1.75. The van der Waals surface area contributed by atoms with E-state index in [1.54, 1.807) is 31.2 Å². The number of nitrogens with one attached hydrogen (secondary N) is 1. The quantitative estimate of drug-likeness (QED) is 0.751. The molecule has 0 aliphatic carbocycles. The molecule has 0 aliphatic heterocycles. The highest BCUT2D eigenvalue weighted by atomic mass is 16.3. The molecule has 2 N–H and O–H groups in total. The number of amides is 1. The van der Waals surface area contributed by atoms with Gasteiger partial charge in [-0.05, 0) is 54.5 Å². The number of benzene rings is 1. The summed E-state index contributed by atoms with van der Waals surface area (Å²) < 4.78 is 1.52. The summed E-state index contributed by atoms with van der Waals surface area (Å²) in [5.74, 6) is -0.126. The first-order valence-corrected chi connectivity index (χ1v) is 6.46. The predicted molar refractivity (Wildman–Crippen MR) is 72.4 cm³/mol. The van der Waals surface area contributed by atoms with Gasteiger partial charge in [-0.15, -0.1) is 5.10 Å². The second-order valence-electron chi connectivity index (χ2n) is 4.55. The van der Waals surface area contributed by atoms with Crippen LogP contribution in [0, 0.1) is 0 Å². The highest BCUT2D eigenvalue weighted by molar-refractivity contribution is 5.94. The first kappa shape index (κ1) is 14.1. The molecule has 0 bridgehead atoms. The van der Waals surface area contributed by atoms with E-state index in [9.17, 15) is 4.79 Å². The Labute approximate surface area is 116 Å². The molecule has 0 fully saturated rings. The van der Waals surface area contributed by atoms with Crippen LogP contribution in [-0.4, -0.2) is 43.9 Å². The van der Waals surface area contributed by atoms with Crippen LogP contribution in [0.3, 0.4) is 0 Å². The summed E-state index contributed by atoms with van der Waals surface area (Å²) in [7, 11) is 0. The number of aromatic nitrogens is 4. The molecule has 7 nitrogen and oxygen atoms in total. The number of rotatable bonds is 6. The van der Waals surface area contributed by atoms with Gasteiger partial charge in [-0.25, -0.2) is 4.68 Å². The zero-order valence-corrected chi connectivity index (χ0v) is 11.2. The molecule has 106 valence electrons. The number of aliphatic hydroxyl groups is 1. The Bertz CT molecular complexity index is 536. The molecule has 1 heterocycles. The van der Waals surface area contributed by atoms with Gasteiger partial charge in [0.1, 0.15) is 6.33 Å². The Morgan fingerprint density at radius 1 is 1.40 bits per heavy atom. The molecule has 20 heavy (non-hydrogen) atoms. The standard InChI is InChI=1S/C13H17N5O2/c1-10(19)3-2-8-14-13(20)11-4-6-12(7-5-11)18-9-15-16-17-18/h4-7,9-10,19H,2-3,8H2,1H3,(H,14,20). The van der Waals surface area contributed by atoms with E-state index >= 15 is 0 Å². The van der Waals surface area contributed by atoms with Crippen molar-refractivity contribution in [3.63, 3.8) is 0 Å². The lowest BCUT2D eigenvalue weighted by Gasteiger charge is -2.07. The van der Waals surface area contributed by atoms with Crippen molar-refractivity contribution < 1.29 is 9.90 Å². The van der Waals surface area contributed by atoms with Gasteiger partial charge in [-0.2, -0.15) is 0 Å². The third-order valence-electron chi connectivity index (χ3n) is 2.83. The van der Waals surface area contributed by atoms with E-state index in [1.165, 1.54) is 11.0 Å². The van der Waals surface area contributed by atoms with Crippen LogP contribution in [0.25, 0.3) is 5.69 Å². The number of carbonyl (C=O) groups is 1. The molecule has 0 spiro atoms. The topological polar surface area (TPSA) is 92.9 Å². The predicted octanol–water partition coefficient (Wildman–Crippen LogP) is 0.553. The van der Waals surface area contributed by atoms with E-state index in [0.717, 1.165) is 12.1 Å². The number of carbonyl (C=O) groups excluding carboxylic acids is 1. The highest BCUT2D eigenvalue weighted by Crippen LogP contribution is 2.07. The molecular weight excluding hydrogens is 258 g/mol. The summed E-state index contributed by atoms with van der Waals surface area (Å²) in [4.78, 5) is 11.9. The maximum Gasteiger partial charge on any atom is 0.251 e. The average Bonchev–Trinajstić information content (AvgIpc) is 2.97. The number of hydrogen-bond acceptors (Lipinski definition) is 5. The number of aliphatic hydroxyl groups excluding tert-OH is 1. The van der Waals surface area contributed by atoms with Crippen molar-refractivity contribution in [2.75, 3.05) is 6.54 Å². The largest absolute Gasteiger partial charge is 0.393 e. The number of hydrogen-bond donors (Lipinski definition) is 2. The summed E-state index contributed by atoms with van der Waals surface area (Å²) in [5, 5.41) is 22.8. The number of tetrazole rings is 1. The van der Waals surface area contributed by atoms with E-state index < -0.39 is 0 Å². The lowest BCUT2D eigenvalue weighted by molar-refractivity contribution is 0.0949. The van der Waals surface area contributed by atoms with E-state index in [-0.39, 0.29) is 12.0 Å². The molecule has 2 rings (SSSR count). The first-order valence-electron chi connectivity index (χ1n) is 6.46. The summed E-state index contributed by atoms with van der Waals surface area (Å²) in [6.45, 7) is 2.29. The summed E-state index contributed by atoms with van der Waals surface area (Å²) in [6, 6.07) is 7.00. The molecule has 1 atom stereocenters. The first-order chi connectivity index (χ1) is 9.66. The van der Waals surface area contributed by atoms with Crippen molar-refractivity contribution >= 4 is 5.91 Å². The molecule has 0 saturated heterocycles. The van der Waals surface area contributed by atoms with Gasteiger partial charge in [-0.1, -0.05) is 0 Å². The van der Waals surface area contributed by atoms with E-state index in [0.29, 0.717) is 18.5 Å². The lowest BCUT2D eigenvalue weighted by atomic mass is 10.2. The second-order valence-corrected chi connectivity index (χ2v) is 4.55. The van der Waals surface area contributed by atoms with Gasteiger partial charge >= 0.3 is 0 Å². The van der Waals surface area contributed by atoms with E-state index in [2.05, 4.69) is 20.8 Å². The molecule has 1 unspecified atom stereocenters. The van der Waals surface area contributed by atoms with Crippen molar-refractivity contribution in [3.8, 4) is 5.69 Å². The van der Waals surface area contributed by atoms with Crippen LogP contribution in [0.4, 0.5) is 0 Å². The SMILES string of the molecule is CC(O)CCCNC(=O)c1ccc(-n2cnnn2)cc1. The minimum Gasteiger partial charge on any atom is -0.393 e. The van der Waals surface area contributed by atoms with Gasteiger partial charge in [0.15, 0.2) is 0 Å². The molecule has 2 aromatic rings. The zero-order chi connectivity index (χ0) is 14.4. The zero-order valence-electron chi connectivity index (χ0n) is 11.2. The van der Waals surface area contributed by atoms with Crippen LogP contribution >= 0.6 is 0 Å². The molecule has 1 amide bonds. The Hall–Kier alpha value is -2.28. The maximum atomic E-state index is 11.9. The Kier molecular flexibility index (Phi) is 4.78. The van der Waals surface area contributed by atoms with Crippen molar-refractivity contribution in [1.29, 1.82) is 0 Å². The Balaban J connectivity index is 1.88. The van der Waals surface area contributed by atoms with Gasteiger partial charge < -0.3 is 10.4 Å². The molecule has 7 heteroatoms. The van der Waals surface area contributed by atoms with Crippen molar-refractivity contribution in [2.45, 2.75) is 25.9 Å². The molecule has 0 saturated carbocycles. The van der Waals surface area contributed by atoms with Crippen molar-refractivity contribution in [1.82, 2.24) is 25.5 Å². The molecule has 0 aliphatic rings. The highest BCUT2D eigenvalue weighted by Gasteiger charge is 2.06. The smallest absolute Gasteiger partial charge is 0.251 e. The van der Waals surface area contributed by atoms with Crippen LogP contribution in [0.5, 0.6) is 0 Å². The molecule has 0 radical (unpaired) electrons. The number of nitrogens with zero attached hydrogens (tertiary/aromatic N) is 4. The van der Waals surface area contributed by atoms with Crippen molar-refractivity contribution in [2.24, 2.45) is 0 Å². The summed E-state index contributed by atoms with van der Waals surface area (Å²) in [5.41, 5.74) is 1.37. The van der Waals surface area contributed by atoms with Gasteiger partial charge in [-0.3, -0.25) is 4.79 Å². The third-order valence-corrected chi connectivity index (χ3v) is 2.83. The van der Waals surface area contributed by atoms with Crippen LogP contribution in [-0.2, 0) is 0 Å². The average molecular weight is 275 g/mol. The van der Waals surface area contributed by atoms with E-state index in [4.69, 9.17) is 5.11 Å². The molecule has 1 aromatic heterocycles. The van der Waals surface area contributed by atoms with Gasteiger partial charge in [0.05, 0.1) is 11.8 Å². The fourth-order valence-corrected chi connectivity index (χ4v) is 1.75. The third kappa shape index (κ3) is 3.86.